The molecule has 10 heteroatoms. The molecule has 0 aliphatic heterocycles. The van der Waals surface area contributed by atoms with Gasteiger partial charge in [-0.3, -0.25) is 14.4 Å². The number of hydrogen-bond acceptors (Lipinski definition) is 7. The molecule has 0 atom stereocenters. The Morgan fingerprint density at radius 3 is 2.53 bits per heavy atom. The molecular formula is C22H23N3O6S. The molecule has 0 radical (unpaired) electrons. The number of rotatable bonds is 7. The van der Waals surface area contributed by atoms with E-state index in [1.54, 1.807) is 47.9 Å². The fraction of sp³-hybridized carbons (Fsp3) is 0.273. The highest BCUT2D eigenvalue weighted by Gasteiger charge is 2.16. The number of aromatic nitrogens is 1. The van der Waals surface area contributed by atoms with Crippen molar-refractivity contribution in [3.05, 3.63) is 46.8 Å². The van der Waals surface area contributed by atoms with Gasteiger partial charge in [-0.25, -0.2) is 0 Å². The number of ether oxygens (including phenoxy) is 3. The van der Waals surface area contributed by atoms with Gasteiger partial charge in [0.2, 0.25) is 5.91 Å². The van der Waals surface area contributed by atoms with Gasteiger partial charge in [-0.1, -0.05) is 11.3 Å². The maximum Gasteiger partial charge on any atom is 0.326 e. The molecule has 0 aliphatic carbocycles. The SMILES string of the molecule is CCOC(=O)Cn1c(=NC(=O)c2ccc(OC)cc2OC)sc2cc(NC(C)=O)ccc21. The molecule has 0 spiro atoms. The van der Waals surface area contributed by atoms with Gasteiger partial charge in [0.25, 0.3) is 5.91 Å². The fourth-order valence-electron chi connectivity index (χ4n) is 3.05. The molecule has 0 saturated carbocycles. The molecular weight excluding hydrogens is 434 g/mol. The minimum absolute atomic E-state index is 0.112. The quantitative estimate of drug-likeness (QED) is 0.547. The predicted octanol–water partition coefficient (Wildman–Crippen LogP) is 2.98. The summed E-state index contributed by atoms with van der Waals surface area (Å²) in [5, 5.41) is 2.72. The summed E-state index contributed by atoms with van der Waals surface area (Å²) in [5.74, 6) is -0.316. The van der Waals surface area contributed by atoms with E-state index in [4.69, 9.17) is 14.2 Å². The molecule has 0 unspecified atom stereocenters. The van der Waals surface area contributed by atoms with Gasteiger partial charge in [0, 0.05) is 18.7 Å². The van der Waals surface area contributed by atoms with Gasteiger partial charge in [-0.05, 0) is 37.3 Å². The molecule has 0 aliphatic rings. The molecule has 2 aromatic carbocycles. The van der Waals surface area contributed by atoms with E-state index in [0.717, 1.165) is 4.70 Å². The number of benzene rings is 2. The second kappa shape index (κ2) is 10.1. The Morgan fingerprint density at radius 2 is 1.88 bits per heavy atom. The third-order valence-corrected chi connectivity index (χ3v) is 5.47. The first-order valence-electron chi connectivity index (χ1n) is 9.74. The van der Waals surface area contributed by atoms with Crippen molar-refractivity contribution in [2.45, 2.75) is 20.4 Å². The van der Waals surface area contributed by atoms with E-state index in [2.05, 4.69) is 10.3 Å². The van der Waals surface area contributed by atoms with Crippen LogP contribution in [-0.2, 0) is 20.9 Å². The Bertz CT molecular complexity index is 1240. The van der Waals surface area contributed by atoms with Crippen molar-refractivity contribution in [3.8, 4) is 11.5 Å². The lowest BCUT2D eigenvalue weighted by Crippen LogP contribution is -2.23. The number of nitrogens with one attached hydrogen (secondary N) is 1. The van der Waals surface area contributed by atoms with E-state index in [1.165, 1.54) is 32.5 Å². The normalized spacial score (nSPS) is 11.3. The molecule has 1 N–H and O–H groups in total. The van der Waals surface area contributed by atoms with Crippen LogP contribution in [0.4, 0.5) is 5.69 Å². The second-order valence-corrected chi connectivity index (χ2v) is 7.63. The zero-order valence-corrected chi connectivity index (χ0v) is 18.9. The Balaban J connectivity index is 2.12. The van der Waals surface area contributed by atoms with E-state index in [0.29, 0.717) is 27.5 Å². The number of amides is 2. The van der Waals surface area contributed by atoms with Crippen LogP contribution in [0.2, 0.25) is 0 Å². The van der Waals surface area contributed by atoms with Crippen molar-refractivity contribution in [1.82, 2.24) is 4.57 Å². The summed E-state index contributed by atoms with van der Waals surface area (Å²) in [6, 6.07) is 10.1. The van der Waals surface area contributed by atoms with Crippen molar-refractivity contribution < 1.29 is 28.6 Å². The molecule has 3 aromatic rings. The average Bonchev–Trinajstić information content (AvgIpc) is 3.08. The Hall–Kier alpha value is -3.66. The third-order valence-electron chi connectivity index (χ3n) is 4.43. The minimum atomic E-state index is -0.532. The van der Waals surface area contributed by atoms with Crippen LogP contribution in [0.15, 0.2) is 41.4 Å². The third kappa shape index (κ3) is 5.14. The van der Waals surface area contributed by atoms with Gasteiger partial charge >= 0.3 is 5.97 Å². The van der Waals surface area contributed by atoms with Crippen LogP contribution >= 0.6 is 11.3 Å². The van der Waals surface area contributed by atoms with Crippen LogP contribution in [0.1, 0.15) is 24.2 Å². The van der Waals surface area contributed by atoms with Gasteiger partial charge < -0.3 is 24.1 Å². The number of thiazole rings is 1. The standard InChI is InChI=1S/C22H23N3O6S/c1-5-31-20(27)12-25-17-9-6-14(23-13(2)26)10-19(17)32-22(25)24-21(28)16-8-7-15(29-3)11-18(16)30-4/h6-11H,5,12H2,1-4H3,(H,23,26). The van der Waals surface area contributed by atoms with Gasteiger partial charge in [-0.2, -0.15) is 4.99 Å². The molecule has 9 nitrogen and oxygen atoms in total. The summed E-state index contributed by atoms with van der Waals surface area (Å²) in [7, 11) is 2.97. The summed E-state index contributed by atoms with van der Waals surface area (Å²) in [5.41, 5.74) is 1.54. The number of nitrogens with zero attached hydrogens (tertiary/aromatic N) is 2. The van der Waals surface area contributed by atoms with E-state index in [9.17, 15) is 14.4 Å². The smallest absolute Gasteiger partial charge is 0.326 e. The Kier molecular flexibility index (Phi) is 7.26. The topological polar surface area (TPSA) is 108 Å². The molecule has 168 valence electrons. The highest BCUT2D eigenvalue weighted by atomic mass is 32.1. The van der Waals surface area contributed by atoms with Crippen LogP contribution in [-0.4, -0.2) is 43.2 Å². The maximum atomic E-state index is 13.0. The van der Waals surface area contributed by atoms with Crippen molar-refractivity contribution >= 4 is 45.0 Å². The summed E-state index contributed by atoms with van der Waals surface area (Å²) in [6.07, 6.45) is 0. The van der Waals surface area contributed by atoms with Crippen LogP contribution in [0.3, 0.4) is 0 Å². The average molecular weight is 458 g/mol. The molecule has 0 bridgehead atoms. The second-order valence-electron chi connectivity index (χ2n) is 6.62. The molecule has 2 amide bonds. The zero-order valence-electron chi connectivity index (χ0n) is 18.1. The van der Waals surface area contributed by atoms with Crippen molar-refractivity contribution in [2.24, 2.45) is 4.99 Å². The molecule has 1 aromatic heterocycles. The molecule has 3 rings (SSSR count). The number of hydrogen-bond donors (Lipinski definition) is 1. The van der Waals surface area contributed by atoms with Crippen LogP contribution < -0.4 is 19.6 Å². The van der Waals surface area contributed by atoms with E-state index < -0.39 is 11.9 Å². The predicted molar refractivity (Wildman–Crippen MR) is 120 cm³/mol. The molecule has 1 heterocycles. The first-order valence-corrected chi connectivity index (χ1v) is 10.6. The van der Waals surface area contributed by atoms with Gasteiger partial charge in [0.1, 0.15) is 18.0 Å². The van der Waals surface area contributed by atoms with Gasteiger partial charge in [0.15, 0.2) is 4.80 Å². The van der Waals surface area contributed by atoms with Gasteiger partial charge in [0.05, 0.1) is 36.6 Å². The summed E-state index contributed by atoms with van der Waals surface area (Å²) in [4.78, 5) is 41.1. The Morgan fingerprint density at radius 1 is 1.09 bits per heavy atom. The lowest BCUT2D eigenvalue weighted by atomic mass is 10.2. The summed E-state index contributed by atoms with van der Waals surface area (Å²) >= 11 is 1.22. The molecule has 0 fully saturated rings. The number of methoxy groups -OCH3 is 2. The van der Waals surface area contributed by atoms with Crippen LogP contribution in [0.25, 0.3) is 10.2 Å². The largest absolute Gasteiger partial charge is 0.497 e. The van der Waals surface area contributed by atoms with Crippen LogP contribution in [0, 0.1) is 0 Å². The van der Waals surface area contributed by atoms with Crippen molar-refractivity contribution in [1.29, 1.82) is 0 Å². The van der Waals surface area contributed by atoms with Gasteiger partial charge in [-0.15, -0.1) is 0 Å². The number of anilines is 1. The number of esters is 1. The van der Waals surface area contributed by atoms with Crippen molar-refractivity contribution in [2.75, 3.05) is 26.1 Å². The number of fused-ring (bicyclic) bond motifs is 1. The minimum Gasteiger partial charge on any atom is -0.497 e. The first kappa shape index (κ1) is 23.0. The highest BCUT2D eigenvalue weighted by molar-refractivity contribution is 7.16. The monoisotopic (exact) mass is 457 g/mol. The summed E-state index contributed by atoms with van der Waals surface area (Å²) < 4.78 is 17.9. The molecule has 32 heavy (non-hydrogen) atoms. The zero-order chi connectivity index (χ0) is 23.3. The number of carbonyl (C=O) groups is 3. The van der Waals surface area contributed by atoms with Crippen molar-refractivity contribution in [3.63, 3.8) is 0 Å². The number of carbonyl (C=O) groups excluding carboxylic acids is 3. The lowest BCUT2D eigenvalue weighted by molar-refractivity contribution is -0.143. The van der Waals surface area contributed by atoms with Crippen LogP contribution in [0.5, 0.6) is 11.5 Å². The van der Waals surface area contributed by atoms with E-state index >= 15 is 0 Å². The van der Waals surface area contributed by atoms with E-state index in [1.807, 2.05) is 0 Å². The molecule has 0 saturated heterocycles. The summed E-state index contributed by atoms with van der Waals surface area (Å²) in [6.45, 7) is 3.27. The fourth-order valence-corrected chi connectivity index (χ4v) is 4.12. The maximum absolute atomic E-state index is 13.0. The lowest BCUT2D eigenvalue weighted by Gasteiger charge is -2.08. The Labute approximate surface area is 188 Å². The first-order chi connectivity index (χ1) is 15.4. The van der Waals surface area contributed by atoms with E-state index in [-0.39, 0.29) is 24.6 Å². The highest BCUT2D eigenvalue weighted by Crippen LogP contribution is 2.26.